The Hall–Kier alpha value is -2.69. The molecule has 0 spiro atoms. The minimum Gasteiger partial charge on any atom is -0.356 e. The largest absolute Gasteiger partial charge is 0.356 e. The molecule has 5 amide bonds. The molecule has 5 N–H and O–H groups in total. The minimum absolute atomic E-state index is 0. The lowest BCUT2D eigenvalue weighted by atomic mass is 9.86. The molecule has 0 saturated carbocycles. The molecule has 0 aromatic heterocycles. The molecular weight excluding hydrogens is 873 g/mol. The minimum atomic E-state index is -0.292. The van der Waals surface area contributed by atoms with Gasteiger partial charge in [0.1, 0.15) is 0 Å². The molecule has 0 aromatic carbocycles. The van der Waals surface area contributed by atoms with E-state index in [1.54, 1.807) is 0 Å². The third-order valence-corrected chi connectivity index (χ3v) is 11.3. The second-order valence-corrected chi connectivity index (χ2v) is 30.8. The summed E-state index contributed by atoms with van der Waals surface area (Å²) in [7, 11) is 0. The number of amides is 5. The van der Waals surface area contributed by atoms with E-state index in [0.717, 1.165) is 52.0 Å². The third kappa shape index (κ3) is 42.9. The van der Waals surface area contributed by atoms with E-state index in [2.05, 4.69) is 135 Å². The molecule has 0 aliphatic carbocycles. The van der Waals surface area contributed by atoms with Gasteiger partial charge in [-0.1, -0.05) is 215 Å². The Kier molecular flexibility index (Phi) is 32.5. The highest BCUT2D eigenvalue weighted by Gasteiger charge is 2.30. The van der Waals surface area contributed by atoms with Gasteiger partial charge >= 0.3 is 0 Å². The van der Waals surface area contributed by atoms with E-state index in [1.165, 1.54) is 0 Å². The summed E-state index contributed by atoms with van der Waals surface area (Å²) in [6, 6.07) is 0.784. The number of likely N-dealkylation sites (tertiary alicyclic amines) is 1. The summed E-state index contributed by atoms with van der Waals surface area (Å²) < 4.78 is 0. The summed E-state index contributed by atoms with van der Waals surface area (Å²) in [5.41, 5.74) is -0.319. The average Bonchev–Trinajstić information content (AvgIpc) is 3.08. The van der Waals surface area contributed by atoms with Crippen molar-refractivity contribution < 1.29 is 24.0 Å². The topological polar surface area (TPSA) is 149 Å². The molecule has 0 radical (unpaired) electrons. The molecule has 0 aromatic rings. The van der Waals surface area contributed by atoms with Crippen LogP contribution < -0.4 is 26.6 Å². The summed E-state index contributed by atoms with van der Waals surface area (Å²) in [4.78, 5) is 60.5. The van der Waals surface area contributed by atoms with E-state index in [9.17, 15) is 24.0 Å². The van der Waals surface area contributed by atoms with Crippen LogP contribution in [0.3, 0.4) is 0 Å². The van der Waals surface area contributed by atoms with Crippen molar-refractivity contribution in [3.8, 4) is 0 Å². The van der Waals surface area contributed by atoms with E-state index in [-0.39, 0.29) is 92.4 Å². The van der Waals surface area contributed by atoms with Gasteiger partial charge in [0.05, 0.1) is 0 Å². The first-order chi connectivity index (χ1) is 29.9. The Morgan fingerprint density at radius 1 is 0.429 bits per heavy atom. The van der Waals surface area contributed by atoms with Crippen molar-refractivity contribution in [2.24, 2.45) is 54.1 Å². The molecule has 1 aliphatic heterocycles. The molecule has 11 nitrogen and oxygen atoms in total. The molecule has 0 unspecified atom stereocenters. The van der Waals surface area contributed by atoms with Crippen LogP contribution in [-0.4, -0.2) is 85.3 Å². The first-order valence-electron chi connectivity index (χ1n) is 26.2. The molecule has 1 aliphatic rings. The molecule has 420 valence electrons. The highest BCUT2D eigenvalue weighted by molar-refractivity contribution is 5.83. The van der Waals surface area contributed by atoms with E-state index in [4.69, 9.17) is 0 Å². The number of rotatable bonds is 7. The second-order valence-electron chi connectivity index (χ2n) is 30.8. The van der Waals surface area contributed by atoms with Gasteiger partial charge in [0.25, 0.3) is 0 Å². The lowest BCUT2D eigenvalue weighted by molar-refractivity contribution is -0.130. The summed E-state index contributed by atoms with van der Waals surface area (Å²) in [5, 5.41) is 15.1. The predicted octanol–water partition coefficient (Wildman–Crippen LogP) is 13.2. The maximum Gasteiger partial charge on any atom is 0.225 e. The first kappa shape index (κ1) is 76.2. The molecule has 1 saturated heterocycles. The fraction of sp³-hybridized carbons (Fsp3) is 0.915. The Morgan fingerprint density at radius 3 is 0.971 bits per heavy atom. The van der Waals surface area contributed by atoms with E-state index >= 15 is 0 Å². The summed E-state index contributed by atoms with van der Waals surface area (Å²) in [5.74, 6) is 0.677. The summed E-state index contributed by atoms with van der Waals surface area (Å²) in [6.07, 6.45) is 3.19. The second kappa shape index (κ2) is 29.9. The highest BCUT2D eigenvalue weighted by atomic mass is 16.2. The number of carbonyl (C=O) groups excluding carboxylic acids is 5. The smallest absolute Gasteiger partial charge is 0.225 e. The molecular formula is C59H124N6O5. The van der Waals surface area contributed by atoms with Gasteiger partial charge in [0.15, 0.2) is 0 Å². The van der Waals surface area contributed by atoms with Crippen molar-refractivity contribution in [1.29, 1.82) is 0 Å². The number of hydrogen-bond donors (Lipinski definition) is 5. The van der Waals surface area contributed by atoms with Gasteiger partial charge < -0.3 is 31.5 Å². The van der Waals surface area contributed by atoms with E-state index in [0.29, 0.717) is 16.9 Å². The quantitative estimate of drug-likeness (QED) is 0.171. The first-order valence-corrected chi connectivity index (χ1v) is 26.2. The van der Waals surface area contributed by atoms with Crippen molar-refractivity contribution >= 4 is 29.5 Å². The SMILES string of the molecule is C.CC(C)(C)CCNC(=O)C(C)(C)C.CC(C)(C)CN1CCC(NC(=O)C(C)(C)C)CC1.CC(C)(C)CNC(=O)C(C)(C)C.C[C@@H](NC(=O)C(C)(C)C)C(C)(C)C.C[C@H](NC(=O)C(C)(C)C)C(C)(C)C. The van der Waals surface area contributed by atoms with Gasteiger partial charge in [-0.25, -0.2) is 0 Å². The lowest BCUT2D eigenvalue weighted by Crippen LogP contribution is -2.48. The molecule has 70 heavy (non-hydrogen) atoms. The van der Waals surface area contributed by atoms with Crippen LogP contribution in [0, 0.1) is 54.1 Å². The van der Waals surface area contributed by atoms with Crippen LogP contribution >= 0.6 is 0 Å². The van der Waals surface area contributed by atoms with E-state index in [1.807, 2.05) is 118 Å². The fourth-order valence-electron chi connectivity index (χ4n) is 4.99. The van der Waals surface area contributed by atoms with Crippen molar-refractivity contribution in [1.82, 2.24) is 31.5 Å². The average molecular weight is 998 g/mol. The number of carbonyl (C=O) groups is 5. The van der Waals surface area contributed by atoms with Crippen molar-refractivity contribution in [3.63, 3.8) is 0 Å². The monoisotopic (exact) mass is 997 g/mol. The number of piperidine rings is 1. The lowest BCUT2D eigenvalue weighted by Gasteiger charge is -2.36. The predicted molar refractivity (Wildman–Crippen MR) is 305 cm³/mol. The normalized spacial score (nSPS) is 15.4. The summed E-state index contributed by atoms with van der Waals surface area (Å²) in [6.45, 7) is 70.4. The molecule has 1 heterocycles. The van der Waals surface area contributed by atoms with Crippen LogP contribution in [-0.2, 0) is 24.0 Å². The van der Waals surface area contributed by atoms with Crippen LogP contribution in [0.25, 0.3) is 0 Å². The standard InChI is InChI=1S/C15H30N2O.3C11H23NO.C10H21NO.CH4/c1-14(2,3)11-17-9-7-12(8-10-17)16-13(18)15(4,5)6;1-10(2,3)7-8-12-9(13)11(4,5)6;2*1-8(10(2,3)4)12-9(13)11(5,6)7;1-9(2,3)7-11-8(12)10(4,5)6;/h12H,7-11H2,1-6H3,(H,16,18);7-8H2,1-6H3,(H,12,13);2*8H,1-7H3,(H,12,13);7H2,1-6H3,(H,11,12);1H4/t;;2*8-;;/m..10../s1. The van der Waals surface area contributed by atoms with Crippen LogP contribution in [0.5, 0.6) is 0 Å². The Morgan fingerprint density at radius 2 is 0.729 bits per heavy atom. The number of nitrogens with one attached hydrogen (secondary N) is 5. The highest BCUT2D eigenvalue weighted by Crippen LogP contribution is 2.24. The van der Waals surface area contributed by atoms with Gasteiger partial charge in [-0.05, 0) is 60.2 Å². The number of nitrogens with zero attached hydrogens (tertiary/aromatic N) is 1. The summed E-state index contributed by atoms with van der Waals surface area (Å²) >= 11 is 0. The van der Waals surface area contributed by atoms with Crippen LogP contribution in [0.1, 0.15) is 248 Å². The van der Waals surface area contributed by atoms with Crippen molar-refractivity contribution in [3.05, 3.63) is 0 Å². The van der Waals surface area contributed by atoms with Crippen LogP contribution in [0.2, 0.25) is 0 Å². The van der Waals surface area contributed by atoms with Gasteiger partial charge in [0.2, 0.25) is 29.5 Å². The molecule has 11 heteroatoms. The zero-order valence-electron chi connectivity index (χ0n) is 51.9. The van der Waals surface area contributed by atoms with Crippen LogP contribution in [0.4, 0.5) is 0 Å². The Balaban J connectivity index is -0.000000253. The zero-order valence-corrected chi connectivity index (χ0v) is 51.9. The van der Waals surface area contributed by atoms with Crippen LogP contribution in [0.15, 0.2) is 0 Å². The zero-order chi connectivity index (χ0) is 56.4. The molecule has 2 atom stereocenters. The molecule has 1 rings (SSSR count). The Bertz CT molecular complexity index is 1460. The van der Waals surface area contributed by atoms with Crippen molar-refractivity contribution in [2.75, 3.05) is 32.7 Å². The molecule has 1 fully saturated rings. The van der Waals surface area contributed by atoms with E-state index < -0.39 is 0 Å². The number of hydrogen-bond acceptors (Lipinski definition) is 6. The van der Waals surface area contributed by atoms with Gasteiger partial charge in [-0.2, -0.15) is 0 Å². The Labute approximate surface area is 436 Å². The maximum absolute atomic E-state index is 11.9. The van der Waals surface area contributed by atoms with Gasteiger partial charge in [0, 0.05) is 77.9 Å². The van der Waals surface area contributed by atoms with Crippen molar-refractivity contribution in [2.45, 2.75) is 266 Å². The maximum atomic E-state index is 11.9. The molecule has 0 bridgehead atoms. The van der Waals surface area contributed by atoms with Gasteiger partial charge in [-0.15, -0.1) is 0 Å². The fourth-order valence-corrected chi connectivity index (χ4v) is 4.99. The third-order valence-electron chi connectivity index (χ3n) is 11.3. The van der Waals surface area contributed by atoms with Gasteiger partial charge in [-0.3, -0.25) is 24.0 Å².